The topological polar surface area (TPSA) is 185 Å². The molecule has 3 aliphatic heterocycles. The summed E-state index contributed by atoms with van der Waals surface area (Å²) >= 11 is 0.928. The molecule has 0 radical (unpaired) electrons. The number of quaternary nitrogens is 2. The third kappa shape index (κ3) is 7.07. The van der Waals surface area contributed by atoms with Gasteiger partial charge in [0, 0.05) is 22.6 Å². The van der Waals surface area contributed by atoms with Gasteiger partial charge in [-0.1, -0.05) is 11.2 Å². The van der Waals surface area contributed by atoms with Gasteiger partial charge in [-0.3, -0.25) is 4.57 Å². The summed E-state index contributed by atoms with van der Waals surface area (Å²) in [6.07, 6.45) is 0.901. The summed E-state index contributed by atoms with van der Waals surface area (Å²) in [6, 6.07) is 11.1. The van der Waals surface area contributed by atoms with Crippen LogP contribution in [0, 0.1) is 17.1 Å². The third-order valence-corrected chi connectivity index (χ3v) is 13.0. The van der Waals surface area contributed by atoms with Gasteiger partial charge in [0.25, 0.3) is 10.0 Å². The van der Waals surface area contributed by atoms with Gasteiger partial charge in [-0.05, 0) is 52.9 Å². The minimum atomic E-state index is -5.12. The third-order valence-electron chi connectivity index (χ3n) is 8.70. The molecule has 0 aliphatic carbocycles. The fraction of sp³-hybridized carbons (Fsp3) is 0.444. The number of benzene rings is 2. The van der Waals surface area contributed by atoms with Crippen LogP contribution < -0.4 is 9.46 Å². The molecule has 0 spiro atoms. The van der Waals surface area contributed by atoms with Gasteiger partial charge in [0.1, 0.15) is 80.0 Å². The van der Waals surface area contributed by atoms with Gasteiger partial charge < -0.3 is 23.5 Å². The van der Waals surface area contributed by atoms with Crippen molar-refractivity contribution in [2.45, 2.75) is 16.4 Å². The Bertz CT molecular complexity index is 1780. The van der Waals surface area contributed by atoms with E-state index in [-0.39, 0.29) is 15.3 Å². The number of halogens is 1. The summed E-state index contributed by atoms with van der Waals surface area (Å²) in [5.74, 6) is -2.48. The van der Waals surface area contributed by atoms with Crippen LogP contribution in [0.4, 0.5) is 4.39 Å². The van der Waals surface area contributed by atoms with Crippen LogP contribution in [-0.4, -0.2) is 92.7 Å². The van der Waals surface area contributed by atoms with Crippen molar-refractivity contribution in [2.24, 2.45) is 5.11 Å². The van der Waals surface area contributed by atoms with Gasteiger partial charge in [-0.2, -0.15) is 9.98 Å². The predicted octanol–water partition coefficient (Wildman–Crippen LogP) is 3.81. The second-order valence-corrected chi connectivity index (χ2v) is 16.1. The van der Waals surface area contributed by atoms with E-state index >= 15 is 0 Å². The molecule has 1 unspecified atom stereocenters. The molecule has 234 valence electrons. The summed E-state index contributed by atoms with van der Waals surface area (Å²) in [7, 11) is -9.54. The van der Waals surface area contributed by atoms with Gasteiger partial charge in [0.2, 0.25) is 0 Å². The van der Waals surface area contributed by atoms with Crippen LogP contribution in [0.5, 0.6) is 5.75 Å². The van der Waals surface area contributed by atoms with Crippen molar-refractivity contribution in [1.82, 2.24) is 4.72 Å². The van der Waals surface area contributed by atoms with Gasteiger partial charge in [-0.25, -0.2) is 12.8 Å². The number of nitriles is 1. The molecule has 3 saturated heterocycles. The number of hydrogen-bond acceptors (Lipinski definition) is 7. The average molecular weight is 666 g/mol. The van der Waals surface area contributed by atoms with Crippen molar-refractivity contribution >= 4 is 39.0 Å². The molecule has 6 rings (SSSR count). The minimum absolute atomic E-state index is 0.168. The van der Waals surface area contributed by atoms with Gasteiger partial charge >= 0.3 is 7.60 Å². The molecule has 1 atom stereocenters. The number of nitrogens with zero attached hydrogens (tertiary/aromatic N) is 6. The van der Waals surface area contributed by atoms with Crippen molar-refractivity contribution in [3.63, 3.8) is 0 Å². The Morgan fingerprint density at radius 1 is 1.11 bits per heavy atom. The van der Waals surface area contributed by atoms with Crippen molar-refractivity contribution in [3.8, 4) is 11.8 Å². The molecule has 17 heteroatoms. The minimum Gasteiger partial charge on any atom is -0.488 e. The highest BCUT2D eigenvalue weighted by molar-refractivity contribution is 7.92. The Kier molecular flexibility index (Phi) is 9.34. The summed E-state index contributed by atoms with van der Waals surface area (Å²) < 4.78 is 63.5. The monoisotopic (exact) mass is 665 g/mol. The Labute approximate surface area is 258 Å². The fourth-order valence-electron chi connectivity index (χ4n) is 6.04. The molecule has 3 fully saturated rings. The number of hydrogen-bond donors (Lipinski definition) is 3. The molecule has 2 aromatic carbocycles. The van der Waals surface area contributed by atoms with Crippen molar-refractivity contribution in [1.29, 1.82) is 5.26 Å². The maximum Gasteiger partial charge on any atom is 0.347 e. The summed E-state index contributed by atoms with van der Waals surface area (Å²) in [4.78, 5) is 22.6. The number of nitrogens with one attached hydrogen (secondary N) is 1. The zero-order chi connectivity index (χ0) is 31.6. The van der Waals surface area contributed by atoms with Crippen molar-refractivity contribution in [2.75, 3.05) is 65.5 Å². The normalized spacial score (nSPS) is 22.3. The van der Waals surface area contributed by atoms with Crippen LogP contribution in [0.3, 0.4) is 0 Å². The van der Waals surface area contributed by atoms with Crippen LogP contribution >= 0.6 is 18.9 Å². The number of ether oxygens (including phenoxy) is 1. The second kappa shape index (κ2) is 12.7. The van der Waals surface area contributed by atoms with E-state index in [2.05, 4.69) is 10.0 Å². The maximum absolute atomic E-state index is 14.2. The van der Waals surface area contributed by atoms with E-state index in [1.54, 1.807) is 24.3 Å². The second-order valence-electron chi connectivity index (χ2n) is 11.4. The quantitative estimate of drug-likeness (QED) is 0.0619. The Morgan fingerprint density at radius 2 is 1.80 bits per heavy atom. The lowest BCUT2D eigenvalue weighted by molar-refractivity contribution is -1.08. The highest BCUT2D eigenvalue weighted by Crippen LogP contribution is 2.51. The lowest BCUT2D eigenvalue weighted by Crippen LogP contribution is -2.75. The molecule has 3 aliphatic rings. The molecular weight excluding hydrogens is 632 g/mol. The number of azide groups is 1. The Hall–Kier alpha value is -3.09. The van der Waals surface area contributed by atoms with Gasteiger partial charge in [0.15, 0.2) is 0 Å². The largest absolute Gasteiger partial charge is 0.488 e. The average Bonchev–Trinajstić information content (AvgIpc) is 3.43. The van der Waals surface area contributed by atoms with Crippen LogP contribution in [-0.2, 0) is 14.6 Å². The smallest absolute Gasteiger partial charge is 0.347 e. The van der Waals surface area contributed by atoms with E-state index < -0.39 is 29.2 Å². The fourth-order valence-corrected chi connectivity index (χ4v) is 10.0. The molecular formula is C27H33FN7O6PS2+2. The SMILES string of the molecule is N#Cc1ccc(C(NS(=O)(=O)c2cc3cc(OCC[N+]45CC[N+](CCCN=[N+]=[N-])(CC4)CC5)ccc3s2)P(=O)(O)O)cc1F. The van der Waals surface area contributed by atoms with Crippen LogP contribution in [0.2, 0.25) is 0 Å². The van der Waals surface area contributed by atoms with E-state index in [1.165, 1.54) is 6.07 Å². The summed E-state index contributed by atoms with van der Waals surface area (Å²) in [5, 5.41) is 13.2. The lowest BCUT2D eigenvalue weighted by Gasteiger charge is -2.55. The zero-order valence-corrected chi connectivity index (χ0v) is 26.3. The van der Waals surface area contributed by atoms with E-state index in [4.69, 9.17) is 15.5 Å². The zero-order valence-electron chi connectivity index (χ0n) is 23.7. The summed E-state index contributed by atoms with van der Waals surface area (Å²) in [6.45, 7) is 9.48. The first kappa shape index (κ1) is 32.3. The first-order chi connectivity index (χ1) is 20.9. The van der Waals surface area contributed by atoms with Crippen LogP contribution in [0.15, 0.2) is 51.8 Å². The molecule has 13 nitrogen and oxygen atoms in total. The lowest BCUT2D eigenvalue weighted by atomic mass is 10.1. The van der Waals surface area contributed by atoms with Crippen LogP contribution in [0.25, 0.3) is 20.5 Å². The van der Waals surface area contributed by atoms with Crippen molar-refractivity contribution < 1.29 is 40.9 Å². The molecule has 0 amide bonds. The first-order valence-corrected chi connectivity index (χ1v) is 18.0. The molecule has 3 N–H and O–H groups in total. The summed E-state index contributed by atoms with van der Waals surface area (Å²) in [5.41, 5.74) is 7.85. The number of piperazine rings is 3. The van der Waals surface area contributed by atoms with E-state index in [0.717, 1.165) is 97.3 Å². The molecule has 4 heterocycles. The highest BCUT2D eigenvalue weighted by Gasteiger charge is 2.48. The molecule has 44 heavy (non-hydrogen) atoms. The number of rotatable bonds is 13. The maximum atomic E-state index is 14.2. The van der Waals surface area contributed by atoms with E-state index in [9.17, 15) is 27.2 Å². The Morgan fingerprint density at radius 3 is 2.41 bits per heavy atom. The van der Waals surface area contributed by atoms with E-state index in [1.807, 2.05) is 4.72 Å². The first-order valence-electron chi connectivity index (χ1n) is 14.0. The molecule has 2 bridgehead atoms. The van der Waals surface area contributed by atoms with E-state index in [0.29, 0.717) is 29.0 Å². The number of fused-ring (bicyclic) bond motifs is 4. The van der Waals surface area contributed by atoms with Gasteiger partial charge in [0.05, 0.1) is 12.1 Å². The molecule has 3 aromatic rings. The standard InChI is InChI=1S/C27H31FN7O6PS2/c28-24-17-20(2-3-21(24)19-29)27(42(36,37)38)32-44(39,40)26-18-22-16-23(4-5-25(22)43-26)41-15-14-35-11-8-34(9-12-35,10-13-35)7-1-6-31-33-30/h2-5,16-18,27,32H,1,6-15H2/p+2. The number of thiophene rings is 1. The number of sulfonamides is 1. The predicted molar refractivity (Wildman–Crippen MR) is 162 cm³/mol. The Balaban J connectivity index is 1.22. The van der Waals surface area contributed by atoms with Gasteiger partial charge in [-0.15, -0.1) is 11.3 Å². The molecule has 0 saturated carbocycles. The molecule has 1 aromatic heterocycles. The highest BCUT2D eigenvalue weighted by atomic mass is 32.2. The van der Waals surface area contributed by atoms with Crippen molar-refractivity contribution in [3.05, 3.63) is 69.9 Å². The van der Waals surface area contributed by atoms with Crippen LogP contribution in [0.1, 0.15) is 23.3 Å².